The highest BCUT2D eigenvalue weighted by Gasteiger charge is 2.37. The molecule has 124 valence electrons. The van der Waals surface area contributed by atoms with Gasteiger partial charge in [-0.25, -0.2) is 0 Å². The normalized spacial score (nSPS) is 18.9. The molecule has 0 bridgehead atoms. The van der Waals surface area contributed by atoms with E-state index in [0.29, 0.717) is 6.42 Å². The largest absolute Gasteiger partial charge is 0.398 e. The van der Waals surface area contributed by atoms with Crippen LogP contribution in [0.4, 0.5) is 11.4 Å². The summed E-state index contributed by atoms with van der Waals surface area (Å²) in [6.45, 7) is -0.0334. The number of nitrogens with one attached hydrogen (secondary N) is 1. The third-order valence-corrected chi connectivity index (χ3v) is 4.37. The lowest BCUT2D eigenvalue weighted by atomic mass is 9.96. The topological polar surface area (TPSA) is 118 Å². The van der Waals surface area contributed by atoms with Crippen LogP contribution in [0.3, 0.4) is 0 Å². The third-order valence-electron chi connectivity index (χ3n) is 4.37. The van der Waals surface area contributed by atoms with Crippen LogP contribution < -0.4 is 11.1 Å². The van der Waals surface area contributed by atoms with Gasteiger partial charge in [0.25, 0.3) is 11.6 Å². The monoisotopic (exact) mass is 327 g/mol. The number of carbonyl (C=O) groups excluding carboxylic acids is 1. The van der Waals surface area contributed by atoms with Crippen molar-refractivity contribution >= 4 is 17.3 Å². The van der Waals surface area contributed by atoms with E-state index in [1.54, 1.807) is 0 Å². The summed E-state index contributed by atoms with van der Waals surface area (Å²) in [7, 11) is 0. The second kappa shape index (κ2) is 5.93. The quantitative estimate of drug-likeness (QED) is 0.449. The number of fused-ring (bicyclic) bond motifs is 1. The molecular formula is C17H17N3O4. The average molecular weight is 327 g/mol. The average Bonchev–Trinajstić information content (AvgIpc) is 2.90. The molecule has 1 unspecified atom stereocenters. The van der Waals surface area contributed by atoms with Crippen molar-refractivity contribution in [2.75, 3.05) is 12.3 Å². The van der Waals surface area contributed by atoms with E-state index < -0.39 is 16.4 Å². The summed E-state index contributed by atoms with van der Waals surface area (Å²) >= 11 is 0. The van der Waals surface area contributed by atoms with E-state index in [9.17, 15) is 20.0 Å². The highest BCUT2D eigenvalue weighted by molar-refractivity contribution is 6.03. The van der Waals surface area contributed by atoms with Gasteiger partial charge in [-0.05, 0) is 30.0 Å². The Bertz CT molecular complexity index is 821. The summed E-state index contributed by atoms with van der Waals surface area (Å²) in [5.41, 5.74) is 5.86. The Morgan fingerprint density at radius 1 is 1.29 bits per heavy atom. The minimum absolute atomic E-state index is 0.0283. The number of carbonyl (C=O) groups is 1. The van der Waals surface area contributed by atoms with Crippen molar-refractivity contribution in [2.45, 2.75) is 18.4 Å². The fourth-order valence-electron chi connectivity index (χ4n) is 3.12. The van der Waals surface area contributed by atoms with E-state index in [4.69, 9.17) is 5.73 Å². The van der Waals surface area contributed by atoms with E-state index in [-0.39, 0.29) is 23.5 Å². The number of amides is 1. The summed E-state index contributed by atoms with van der Waals surface area (Å²) in [5, 5.41) is 24.5. The van der Waals surface area contributed by atoms with Gasteiger partial charge in [0.05, 0.1) is 17.2 Å². The Hall–Kier alpha value is -2.93. The van der Waals surface area contributed by atoms with Gasteiger partial charge in [-0.3, -0.25) is 14.9 Å². The molecule has 4 N–H and O–H groups in total. The van der Waals surface area contributed by atoms with Gasteiger partial charge in [0.1, 0.15) is 11.2 Å². The molecule has 0 fully saturated rings. The molecule has 3 rings (SSSR count). The minimum Gasteiger partial charge on any atom is -0.398 e. The molecule has 7 heteroatoms. The lowest BCUT2D eigenvalue weighted by molar-refractivity contribution is -0.385. The van der Waals surface area contributed by atoms with E-state index in [2.05, 4.69) is 5.32 Å². The lowest BCUT2D eigenvalue weighted by Gasteiger charge is -2.24. The number of anilines is 1. The van der Waals surface area contributed by atoms with Crippen molar-refractivity contribution in [1.29, 1.82) is 0 Å². The van der Waals surface area contributed by atoms with E-state index in [0.717, 1.165) is 17.5 Å². The van der Waals surface area contributed by atoms with Gasteiger partial charge in [-0.2, -0.15) is 0 Å². The summed E-state index contributed by atoms with van der Waals surface area (Å²) in [6.07, 6.45) is 1.20. The summed E-state index contributed by atoms with van der Waals surface area (Å²) in [6, 6.07) is 11.6. The number of aliphatic hydroxyl groups is 1. The number of benzene rings is 2. The van der Waals surface area contributed by atoms with E-state index in [1.807, 2.05) is 24.3 Å². The fraction of sp³-hybridized carbons (Fsp3) is 0.235. The Labute approximate surface area is 138 Å². The van der Waals surface area contributed by atoms with Gasteiger partial charge < -0.3 is 16.2 Å². The molecule has 2 aromatic rings. The second-order valence-corrected chi connectivity index (χ2v) is 5.87. The van der Waals surface area contributed by atoms with Crippen molar-refractivity contribution in [3.05, 3.63) is 69.3 Å². The highest BCUT2D eigenvalue weighted by Crippen LogP contribution is 2.36. The lowest BCUT2D eigenvalue weighted by Crippen LogP contribution is -2.39. The maximum absolute atomic E-state index is 12.4. The molecule has 0 saturated heterocycles. The molecule has 1 aliphatic carbocycles. The number of nitro groups is 1. The van der Waals surface area contributed by atoms with Gasteiger partial charge in [-0.15, -0.1) is 0 Å². The summed E-state index contributed by atoms with van der Waals surface area (Å²) in [4.78, 5) is 22.8. The number of nitro benzene ring substituents is 1. The van der Waals surface area contributed by atoms with Crippen LogP contribution in [-0.4, -0.2) is 22.5 Å². The highest BCUT2D eigenvalue weighted by atomic mass is 16.6. The second-order valence-electron chi connectivity index (χ2n) is 5.87. The summed E-state index contributed by atoms with van der Waals surface area (Å²) in [5.74, 6) is -0.669. The number of rotatable bonds is 4. The molecule has 2 aromatic carbocycles. The first-order valence-corrected chi connectivity index (χ1v) is 7.54. The first-order valence-electron chi connectivity index (χ1n) is 7.54. The first-order chi connectivity index (χ1) is 11.4. The number of nitrogen functional groups attached to an aromatic ring is 1. The number of hydrogen-bond donors (Lipinski definition) is 3. The molecule has 0 aliphatic heterocycles. The van der Waals surface area contributed by atoms with Crippen molar-refractivity contribution in [1.82, 2.24) is 5.32 Å². The molecule has 24 heavy (non-hydrogen) atoms. The predicted molar refractivity (Wildman–Crippen MR) is 88.5 cm³/mol. The summed E-state index contributed by atoms with van der Waals surface area (Å²) < 4.78 is 0. The van der Waals surface area contributed by atoms with Gasteiger partial charge in [0.15, 0.2) is 0 Å². The molecule has 1 atom stereocenters. The maximum atomic E-state index is 12.4. The Morgan fingerprint density at radius 3 is 2.79 bits per heavy atom. The Kier molecular flexibility index (Phi) is 3.94. The Balaban J connectivity index is 1.82. The standard InChI is InChI=1S/C17H17N3O4/c18-13-6-3-7-14(20(23)24)15(13)16(21)19-10-17(22)9-8-11-4-1-2-5-12(11)17/h1-7,22H,8-10,18H2,(H,19,21). The van der Waals surface area contributed by atoms with E-state index >= 15 is 0 Å². The number of hydrogen-bond acceptors (Lipinski definition) is 5. The minimum atomic E-state index is -1.18. The molecule has 0 spiro atoms. The van der Waals surface area contributed by atoms with Gasteiger partial charge in [0.2, 0.25) is 0 Å². The molecule has 0 heterocycles. The molecule has 0 radical (unpaired) electrons. The van der Waals surface area contributed by atoms with Crippen molar-refractivity contribution < 1.29 is 14.8 Å². The fourth-order valence-corrected chi connectivity index (χ4v) is 3.12. The van der Waals surface area contributed by atoms with Crippen LogP contribution in [0, 0.1) is 10.1 Å². The van der Waals surface area contributed by atoms with Gasteiger partial charge >= 0.3 is 0 Å². The Morgan fingerprint density at radius 2 is 2.04 bits per heavy atom. The van der Waals surface area contributed by atoms with Crippen LogP contribution in [0.5, 0.6) is 0 Å². The van der Waals surface area contributed by atoms with Crippen LogP contribution >= 0.6 is 0 Å². The molecular weight excluding hydrogens is 310 g/mol. The zero-order chi connectivity index (χ0) is 17.3. The zero-order valence-electron chi connectivity index (χ0n) is 12.9. The smallest absolute Gasteiger partial charge is 0.284 e. The molecule has 0 aromatic heterocycles. The molecule has 1 amide bonds. The molecule has 1 aliphatic rings. The zero-order valence-corrected chi connectivity index (χ0v) is 12.9. The maximum Gasteiger partial charge on any atom is 0.284 e. The van der Waals surface area contributed by atoms with Crippen molar-refractivity contribution in [3.8, 4) is 0 Å². The van der Waals surface area contributed by atoms with Gasteiger partial charge in [-0.1, -0.05) is 30.3 Å². The van der Waals surface area contributed by atoms with Crippen LogP contribution in [0.2, 0.25) is 0 Å². The third kappa shape index (κ3) is 2.69. The number of aryl methyl sites for hydroxylation is 1. The number of nitrogens with zero attached hydrogens (tertiary/aromatic N) is 1. The number of nitrogens with two attached hydrogens (primary N) is 1. The van der Waals surface area contributed by atoms with Crippen LogP contribution in [0.25, 0.3) is 0 Å². The van der Waals surface area contributed by atoms with Crippen LogP contribution in [-0.2, 0) is 12.0 Å². The first kappa shape index (κ1) is 15.9. The van der Waals surface area contributed by atoms with Crippen molar-refractivity contribution in [3.63, 3.8) is 0 Å². The predicted octanol–water partition coefficient (Wildman–Crippen LogP) is 1.74. The molecule has 7 nitrogen and oxygen atoms in total. The molecule has 0 saturated carbocycles. The van der Waals surface area contributed by atoms with Gasteiger partial charge in [0, 0.05) is 6.07 Å². The van der Waals surface area contributed by atoms with E-state index in [1.165, 1.54) is 18.2 Å². The van der Waals surface area contributed by atoms with Crippen molar-refractivity contribution in [2.24, 2.45) is 0 Å². The van der Waals surface area contributed by atoms with Crippen LogP contribution in [0.15, 0.2) is 42.5 Å². The van der Waals surface area contributed by atoms with Crippen LogP contribution in [0.1, 0.15) is 27.9 Å². The SMILES string of the molecule is Nc1cccc([N+](=O)[O-])c1C(=O)NCC1(O)CCc2ccccc21.